The third-order valence-corrected chi connectivity index (χ3v) is 4.86. The Balaban J connectivity index is 2.42. The number of aromatic nitrogens is 1. The number of carbonyl (C=O) groups is 1. The molecule has 1 heterocycles. The number of nitriles is 1. The molecule has 8 heteroatoms. The van der Waals surface area contributed by atoms with Crippen LogP contribution < -0.4 is 10.0 Å². The first kappa shape index (κ1) is 19.9. The molecule has 0 fully saturated rings. The quantitative estimate of drug-likeness (QED) is 0.725. The van der Waals surface area contributed by atoms with Crippen molar-refractivity contribution in [3.05, 3.63) is 35.0 Å². The molecule has 2 rings (SSSR count). The van der Waals surface area contributed by atoms with E-state index >= 15 is 0 Å². The zero-order chi connectivity index (χ0) is 19.3. The molecule has 1 aromatic carbocycles. The first-order valence-electron chi connectivity index (χ1n) is 8.49. The van der Waals surface area contributed by atoms with Crippen molar-refractivity contribution < 1.29 is 13.2 Å². The molecule has 26 heavy (non-hydrogen) atoms. The summed E-state index contributed by atoms with van der Waals surface area (Å²) in [5.41, 5.74) is 3.55. The molecule has 0 saturated carbocycles. The minimum absolute atomic E-state index is 0.0746. The molecule has 0 bridgehead atoms. The summed E-state index contributed by atoms with van der Waals surface area (Å²) in [5, 5.41) is 13.1. The highest BCUT2D eigenvalue weighted by molar-refractivity contribution is 7.88. The fraction of sp³-hybridized carbons (Fsp3) is 0.444. The maximum absolute atomic E-state index is 11.3. The van der Waals surface area contributed by atoms with Crippen molar-refractivity contribution in [3.8, 4) is 6.07 Å². The summed E-state index contributed by atoms with van der Waals surface area (Å²) in [5.74, 6) is -0.0746. The van der Waals surface area contributed by atoms with E-state index in [0.29, 0.717) is 24.9 Å². The van der Waals surface area contributed by atoms with Gasteiger partial charge in [-0.25, -0.2) is 13.1 Å². The van der Waals surface area contributed by atoms with E-state index < -0.39 is 10.0 Å². The maximum Gasteiger partial charge on any atom is 0.216 e. The smallest absolute Gasteiger partial charge is 0.216 e. The second-order valence-corrected chi connectivity index (χ2v) is 8.07. The molecule has 2 N–H and O–H groups in total. The lowest BCUT2D eigenvalue weighted by Gasteiger charge is -2.09. The van der Waals surface area contributed by atoms with Gasteiger partial charge in [0, 0.05) is 38.1 Å². The van der Waals surface area contributed by atoms with Gasteiger partial charge in [0.25, 0.3) is 0 Å². The summed E-state index contributed by atoms with van der Waals surface area (Å²) in [6.07, 6.45) is 4.33. The van der Waals surface area contributed by atoms with Gasteiger partial charge in [-0.15, -0.1) is 0 Å². The number of nitrogens with zero attached hydrogens (tertiary/aromatic N) is 2. The van der Waals surface area contributed by atoms with Crippen LogP contribution in [0.25, 0.3) is 10.9 Å². The van der Waals surface area contributed by atoms with Crippen molar-refractivity contribution >= 4 is 26.8 Å². The highest BCUT2D eigenvalue weighted by Crippen LogP contribution is 2.27. The molecule has 0 aliphatic rings. The van der Waals surface area contributed by atoms with Crippen LogP contribution in [0.1, 0.15) is 30.5 Å². The molecule has 0 atom stereocenters. The average molecular weight is 376 g/mol. The maximum atomic E-state index is 11.3. The minimum Gasteiger partial charge on any atom is -0.356 e. The topological polar surface area (TPSA) is 104 Å². The Morgan fingerprint density at radius 1 is 1.23 bits per heavy atom. The lowest BCUT2D eigenvalue weighted by Crippen LogP contribution is -2.24. The SMILES string of the molecule is CCn1cc(CCNC(C)=O)c2cc(C#N)cc(CCNS(C)(=O)=O)c21. The Bertz CT molecular complexity index is 955. The number of hydrogen-bond acceptors (Lipinski definition) is 4. The molecule has 0 saturated heterocycles. The molecular formula is C18H24N4O3S. The Labute approximate surface area is 154 Å². The third kappa shape index (κ3) is 5.07. The van der Waals surface area contributed by atoms with Crippen LogP contribution in [0.15, 0.2) is 18.3 Å². The molecule has 140 valence electrons. The van der Waals surface area contributed by atoms with E-state index in [0.717, 1.165) is 34.8 Å². The largest absolute Gasteiger partial charge is 0.356 e. The number of carbonyl (C=O) groups excluding carboxylic acids is 1. The van der Waals surface area contributed by atoms with Crippen molar-refractivity contribution in [1.82, 2.24) is 14.6 Å². The molecule has 7 nitrogen and oxygen atoms in total. The Morgan fingerprint density at radius 2 is 1.92 bits per heavy atom. The molecule has 0 radical (unpaired) electrons. The van der Waals surface area contributed by atoms with Gasteiger partial charge in [-0.05, 0) is 43.0 Å². The highest BCUT2D eigenvalue weighted by Gasteiger charge is 2.14. The summed E-state index contributed by atoms with van der Waals surface area (Å²) in [4.78, 5) is 11.1. The minimum atomic E-state index is -3.26. The van der Waals surface area contributed by atoms with Crippen molar-refractivity contribution in [2.45, 2.75) is 33.2 Å². The second-order valence-electron chi connectivity index (χ2n) is 6.23. The summed E-state index contributed by atoms with van der Waals surface area (Å²) in [7, 11) is -3.26. The number of benzene rings is 1. The van der Waals surface area contributed by atoms with Crippen LogP contribution in [0, 0.1) is 11.3 Å². The Kier molecular flexibility index (Phi) is 6.40. The lowest BCUT2D eigenvalue weighted by molar-refractivity contribution is -0.118. The second kappa shape index (κ2) is 8.34. The predicted molar refractivity (Wildman–Crippen MR) is 101 cm³/mol. The van der Waals surface area contributed by atoms with Gasteiger partial charge >= 0.3 is 0 Å². The summed E-state index contributed by atoms with van der Waals surface area (Å²) >= 11 is 0. The number of nitrogens with one attached hydrogen (secondary N) is 2. The summed E-state index contributed by atoms with van der Waals surface area (Å²) in [6, 6.07) is 5.85. The van der Waals surface area contributed by atoms with Crippen molar-refractivity contribution in [2.24, 2.45) is 0 Å². The number of rotatable bonds is 8. The van der Waals surface area contributed by atoms with Gasteiger partial charge in [0.15, 0.2) is 0 Å². The monoisotopic (exact) mass is 376 g/mol. The van der Waals surface area contributed by atoms with E-state index in [9.17, 15) is 18.5 Å². The molecule has 0 aliphatic carbocycles. The van der Waals surface area contributed by atoms with Crippen molar-refractivity contribution in [1.29, 1.82) is 5.26 Å². The average Bonchev–Trinajstić information content (AvgIpc) is 2.91. The molecule has 0 spiro atoms. The molecule has 0 unspecified atom stereocenters. The number of hydrogen-bond donors (Lipinski definition) is 2. The van der Waals surface area contributed by atoms with Crippen LogP contribution in [-0.4, -0.2) is 38.2 Å². The van der Waals surface area contributed by atoms with Crippen LogP contribution >= 0.6 is 0 Å². The van der Waals surface area contributed by atoms with E-state index in [-0.39, 0.29) is 12.5 Å². The van der Waals surface area contributed by atoms with E-state index in [4.69, 9.17) is 0 Å². The van der Waals surface area contributed by atoms with Crippen LogP contribution in [-0.2, 0) is 34.2 Å². The fourth-order valence-corrected chi connectivity index (χ4v) is 3.52. The van der Waals surface area contributed by atoms with E-state index in [2.05, 4.69) is 20.7 Å². The normalized spacial score (nSPS) is 11.5. The van der Waals surface area contributed by atoms with Crippen molar-refractivity contribution in [3.63, 3.8) is 0 Å². The number of fused-ring (bicyclic) bond motifs is 1. The van der Waals surface area contributed by atoms with Crippen molar-refractivity contribution in [2.75, 3.05) is 19.3 Å². The molecule has 0 aliphatic heterocycles. The molecule has 2 aromatic rings. The zero-order valence-corrected chi connectivity index (χ0v) is 16.1. The highest BCUT2D eigenvalue weighted by atomic mass is 32.2. The van der Waals surface area contributed by atoms with Gasteiger partial charge in [0.1, 0.15) is 0 Å². The first-order chi connectivity index (χ1) is 12.2. The summed E-state index contributed by atoms with van der Waals surface area (Å²) in [6.45, 7) is 5.08. The van der Waals surface area contributed by atoms with Crippen LogP contribution in [0.3, 0.4) is 0 Å². The first-order valence-corrected chi connectivity index (χ1v) is 10.4. The van der Waals surface area contributed by atoms with Gasteiger partial charge in [-0.2, -0.15) is 5.26 Å². The van der Waals surface area contributed by atoms with E-state index in [1.807, 2.05) is 25.3 Å². The van der Waals surface area contributed by atoms with Crippen LogP contribution in [0.2, 0.25) is 0 Å². The third-order valence-electron chi connectivity index (χ3n) is 4.13. The van der Waals surface area contributed by atoms with Gasteiger partial charge < -0.3 is 9.88 Å². The predicted octanol–water partition coefficient (Wildman–Crippen LogP) is 1.30. The molecule has 1 aromatic heterocycles. The van der Waals surface area contributed by atoms with Crippen LogP contribution in [0.5, 0.6) is 0 Å². The standard InChI is InChI=1S/C18H24N4O3S/c1-4-22-12-16(5-7-20-13(2)23)17-10-14(11-19)9-15(18(17)22)6-8-21-26(3,24)25/h9-10,12,21H,4-8H2,1-3H3,(H,20,23). The van der Waals surface area contributed by atoms with Crippen LogP contribution in [0.4, 0.5) is 0 Å². The lowest BCUT2D eigenvalue weighted by atomic mass is 10.0. The number of aryl methyl sites for hydroxylation is 1. The van der Waals surface area contributed by atoms with E-state index in [1.54, 1.807) is 0 Å². The molecule has 1 amide bonds. The Morgan fingerprint density at radius 3 is 2.50 bits per heavy atom. The van der Waals surface area contributed by atoms with E-state index in [1.165, 1.54) is 6.92 Å². The fourth-order valence-electron chi connectivity index (χ4n) is 3.05. The van der Waals surface area contributed by atoms with Gasteiger partial charge in [0.2, 0.25) is 15.9 Å². The van der Waals surface area contributed by atoms with Gasteiger partial charge in [-0.1, -0.05) is 0 Å². The number of amides is 1. The van der Waals surface area contributed by atoms with Gasteiger partial charge in [0.05, 0.1) is 23.4 Å². The molecular weight excluding hydrogens is 352 g/mol. The number of sulfonamides is 1. The van der Waals surface area contributed by atoms with Gasteiger partial charge in [-0.3, -0.25) is 4.79 Å². The Hall–Kier alpha value is -2.37. The zero-order valence-electron chi connectivity index (χ0n) is 15.3. The summed E-state index contributed by atoms with van der Waals surface area (Å²) < 4.78 is 27.2.